The first-order valence-corrected chi connectivity index (χ1v) is 8.24. The highest BCUT2D eigenvalue weighted by Gasteiger charge is 2.31. The van der Waals surface area contributed by atoms with E-state index < -0.39 is 0 Å². The monoisotopic (exact) mass is 347 g/mol. The summed E-state index contributed by atoms with van der Waals surface area (Å²) in [5.74, 6) is 0.230. The van der Waals surface area contributed by atoms with Gasteiger partial charge in [-0.15, -0.1) is 0 Å². The third-order valence-electron chi connectivity index (χ3n) is 4.53. The predicted octanol–water partition coefficient (Wildman–Crippen LogP) is 3.16. The Morgan fingerprint density at radius 1 is 1.32 bits per heavy atom. The molecule has 25 heavy (non-hydrogen) atoms. The molecule has 0 fully saturated rings. The molecule has 0 spiro atoms. The lowest BCUT2D eigenvalue weighted by molar-refractivity contribution is -0.140. The normalized spacial score (nSPS) is 13.3. The lowest BCUT2D eigenvalue weighted by Crippen LogP contribution is -2.08. The SMILES string of the molecule is CNc1c(C/C=C(\C)CCC(=O)OC)c(OC)c(C)c2c1C(=O)OC2. The maximum Gasteiger partial charge on any atom is 0.341 e. The molecule has 1 aromatic carbocycles. The van der Waals surface area contributed by atoms with Gasteiger partial charge in [0.05, 0.1) is 25.5 Å². The maximum absolute atomic E-state index is 12.1. The highest BCUT2D eigenvalue weighted by atomic mass is 16.5. The largest absolute Gasteiger partial charge is 0.496 e. The van der Waals surface area contributed by atoms with E-state index in [-0.39, 0.29) is 18.5 Å². The molecule has 0 amide bonds. The number of hydrogen-bond acceptors (Lipinski definition) is 6. The number of carbonyl (C=O) groups excluding carboxylic acids is 2. The van der Waals surface area contributed by atoms with E-state index >= 15 is 0 Å². The second kappa shape index (κ2) is 8.05. The molecule has 136 valence electrons. The molecule has 1 aliphatic heterocycles. The molecule has 0 aromatic heterocycles. The molecule has 1 aromatic rings. The molecule has 0 saturated heterocycles. The van der Waals surface area contributed by atoms with Gasteiger partial charge in [-0.1, -0.05) is 11.6 Å². The molecule has 2 rings (SSSR count). The van der Waals surface area contributed by atoms with Crippen molar-refractivity contribution >= 4 is 17.6 Å². The van der Waals surface area contributed by atoms with Gasteiger partial charge in [-0.3, -0.25) is 4.79 Å². The van der Waals surface area contributed by atoms with Gasteiger partial charge in [-0.05, 0) is 32.3 Å². The standard InChI is InChI=1S/C19H25NO5/c1-11(7-9-15(21)23-4)6-8-13-17(20-3)16-14(10-25-19(16)22)12(2)18(13)24-5/h6,20H,7-10H2,1-5H3/b11-6+. The van der Waals surface area contributed by atoms with Crippen molar-refractivity contribution in [1.82, 2.24) is 0 Å². The van der Waals surface area contributed by atoms with Crippen LogP contribution in [0.1, 0.15) is 46.8 Å². The molecule has 6 heteroatoms. The number of rotatable bonds is 7. The Bertz CT molecular complexity index is 721. The van der Waals surface area contributed by atoms with Crippen LogP contribution in [0.2, 0.25) is 0 Å². The molecule has 0 radical (unpaired) electrons. The van der Waals surface area contributed by atoms with Gasteiger partial charge in [0.15, 0.2) is 0 Å². The zero-order chi connectivity index (χ0) is 18.6. The number of benzene rings is 1. The molecule has 0 unspecified atom stereocenters. The minimum Gasteiger partial charge on any atom is -0.496 e. The molecule has 1 aliphatic rings. The zero-order valence-corrected chi connectivity index (χ0v) is 15.4. The Morgan fingerprint density at radius 2 is 2.04 bits per heavy atom. The molecule has 6 nitrogen and oxygen atoms in total. The van der Waals surface area contributed by atoms with Gasteiger partial charge in [-0.25, -0.2) is 4.79 Å². The molecule has 0 bridgehead atoms. The van der Waals surface area contributed by atoms with Crippen LogP contribution in [-0.2, 0) is 27.3 Å². The summed E-state index contributed by atoms with van der Waals surface area (Å²) in [6.45, 7) is 4.19. The van der Waals surface area contributed by atoms with Crippen LogP contribution in [0.4, 0.5) is 5.69 Å². The maximum atomic E-state index is 12.1. The van der Waals surface area contributed by atoms with Crippen molar-refractivity contribution in [2.24, 2.45) is 0 Å². The average Bonchev–Trinajstić information content (AvgIpc) is 3.00. The van der Waals surface area contributed by atoms with Crippen molar-refractivity contribution in [3.8, 4) is 5.75 Å². The van der Waals surface area contributed by atoms with E-state index in [4.69, 9.17) is 9.47 Å². The summed E-state index contributed by atoms with van der Waals surface area (Å²) in [6.07, 6.45) is 3.63. The van der Waals surface area contributed by atoms with Crippen molar-refractivity contribution in [2.75, 3.05) is 26.6 Å². The molecule has 1 N–H and O–H groups in total. The first-order valence-electron chi connectivity index (χ1n) is 8.24. The van der Waals surface area contributed by atoms with Crippen LogP contribution in [0.5, 0.6) is 5.75 Å². The number of fused-ring (bicyclic) bond motifs is 1. The van der Waals surface area contributed by atoms with Crippen molar-refractivity contribution in [3.63, 3.8) is 0 Å². The minimum absolute atomic E-state index is 0.225. The third-order valence-corrected chi connectivity index (χ3v) is 4.53. The first kappa shape index (κ1) is 18.8. The van der Waals surface area contributed by atoms with E-state index in [1.807, 2.05) is 19.9 Å². The van der Waals surface area contributed by atoms with Crippen LogP contribution in [0.25, 0.3) is 0 Å². The van der Waals surface area contributed by atoms with Gasteiger partial charge in [0, 0.05) is 24.6 Å². The van der Waals surface area contributed by atoms with E-state index in [1.165, 1.54) is 7.11 Å². The summed E-state index contributed by atoms with van der Waals surface area (Å²) >= 11 is 0. The average molecular weight is 347 g/mol. The van der Waals surface area contributed by atoms with Crippen LogP contribution >= 0.6 is 0 Å². The van der Waals surface area contributed by atoms with E-state index in [9.17, 15) is 9.59 Å². The second-order valence-corrected chi connectivity index (χ2v) is 6.02. The number of methoxy groups -OCH3 is 2. The second-order valence-electron chi connectivity index (χ2n) is 6.02. The Morgan fingerprint density at radius 3 is 2.64 bits per heavy atom. The fourth-order valence-corrected chi connectivity index (χ4v) is 3.11. The smallest absolute Gasteiger partial charge is 0.341 e. The highest BCUT2D eigenvalue weighted by Crippen LogP contribution is 2.41. The summed E-state index contributed by atoms with van der Waals surface area (Å²) in [4.78, 5) is 23.4. The summed E-state index contributed by atoms with van der Waals surface area (Å²) in [5.41, 5.74) is 5.14. The quantitative estimate of drug-likeness (QED) is 0.603. The van der Waals surface area contributed by atoms with Gasteiger partial charge >= 0.3 is 11.9 Å². The molecule has 0 saturated carbocycles. The van der Waals surface area contributed by atoms with Crippen molar-refractivity contribution < 1.29 is 23.8 Å². The Kier molecular flexibility index (Phi) is 6.07. The highest BCUT2D eigenvalue weighted by molar-refractivity contribution is 6.01. The third kappa shape index (κ3) is 3.78. The number of nitrogens with one attached hydrogen (secondary N) is 1. The number of allylic oxidation sites excluding steroid dienone is 2. The Hall–Kier alpha value is -2.50. The number of cyclic esters (lactones) is 1. The lowest BCUT2D eigenvalue weighted by Gasteiger charge is -2.18. The molecule has 0 atom stereocenters. The van der Waals surface area contributed by atoms with Crippen LogP contribution in [0.3, 0.4) is 0 Å². The van der Waals surface area contributed by atoms with Gasteiger partial charge < -0.3 is 19.5 Å². The van der Waals surface area contributed by atoms with Crippen molar-refractivity contribution in [2.45, 2.75) is 39.7 Å². The molecule has 1 heterocycles. The van der Waals surface area contributed by atoms with E-state index in [2.05, 4.69) is 10.1 Å². The van der Waals surface area contributed by atoms with E-state index in [1.54, 1.807) is 14.2 Å². The van der Waals surface area contributed by atoms with Crippen LogP contribution < -0.4 is 10.1 Å². The zero-order valence-electron chi connectivity index (χ0n) is 15.4. The fraction of sp³-hybridized carbons (Fsp3) is 0.474. The topological polar surface area (TPSA) is 73.9 Å². The van der Waals surface area contributed by atoms with Crippen molar-refractivity contribution in [3.05, 3.63) is 33.9 Å². The molecular weight excluding hydrogens is 322 g/mol. The van der Waals surface area contributed by atoms with Crippen molar-refractivity contribution in [1.29, 1.82) is 0 Å². The summed E-state index contributed by atoms with van der Waals surface area (Å²) in [6, 6.07) is 0. The Labute approximate surface area is 148 Å². The summed E-state index contributed by atoms with van der Waals surface area (Å²) < 4.78 is 15.5. The van der Waals surface area contributed by atoms with Gasteiger partial charge in [-0.2, -0.15) is 0 Å². The first-order chi connectivity index (χ1) is 11.9. The fourth-order valence-electron chi connectivity index (χ4n) is 3.11. The van der Waals surface area contributed by atoms with Gasteiger partial charge in [0.25, 0.3) is 0 Å². The lowest BCUT2D eigenvalue weighted by atomic mass is 9.93. The van der Waals surface area contributed by atoms with Crippen LogP contribution in [0, 0.1) is 6.92 Å². The number of anilines is 1. The van der Waals surface area contributed by atoms with E-state index in [0.717, 1.165) is 33.7 Å². The van der Waals surface area contributed by atoms with Gasteiger partial charge in [0.2, 0.25) is 0 Å². The number of hydrogen-bond donors (Lipinski definition) is 1. The van der Waals surface area contributed by atoms with Crippen LogP contribution in [-0.4, -0.2) is 33.2 Å². The van der Waals surface area contributed by atoms with E-state index in [0.29, 0.717) is 24.8 Å². The predicted molar refractivity (Wildman–Crippen MR) is 95.1 cm³/mol. The van der Waals surface area contributed by atoms with Gasteiger partial charge in [0.1, 0.15) is 12.4 Å². The Balaban J connectivity index is 2.37. The number of carbonyl (C=O) groups is 2. The minimum atomic E-state index is -0.308. The number of ether oxygens (including phenoxy) is 3. The number of esters is 2. The summed E-state index contributed by atoms with van der Waals surface area (Å²) in [5, 5.41) is 3.13. The molecular formula is C19H25NO5. The molecule has 0 aliphatic carbocycles. The van der Waals surface area contributed by atoms with Crippen LogP contribution in [0.15, 0.2) is 11.6 Å². The summed E-state index contributed by atoms with van der Waals surface area (Å²) in [7, 11) is 4.80.